The number of ether oxygens (including phenoxy) is 1. The molecule has 0 aliphatic carbocycles. The van der Waals surface area contributed by atoms with Gasteiger partial charge in [0.1, 0.15) is 11.8 Å². The highest BCUT2D eigenvalue weighted by molar-refractivity contribution is 7.09. The lowest BCUT2D eigenvalue weighted by molar-refractivity contribution is -0.384. The third-order valence-electron chi connectivity index (χ3n) is 5.30. The van der Waals surface area contributed by atoms with Crippen molar-refractivity contribution in [3.63, 3.8) is 0 Å². The maximum atomic E-state index is 13.4. The molecule has 0 N–H and O–H groups in total. The highest BCUT2D eigenvalue weighted by Crippen LogP contribution is 2.30. The molecule has 2 aromatic carbocycles. The Balaban J connectivity index is 1.67. The minimum Gasteiger partial charge on any atom is -0.497 e. The molecule has 3 aromatic rings. The molecule has 0 spiro atoms. The number of nitro benzene ring substituents is 1. The molecule has 1 aliphatic heterocycles. The largest absolute Gasteiger partial charge is 0.497 e. The zero-order valence-electron chi connectivity index (χ0n) is 17.5. The highest BCUT2D eigenvalue weighted by Gasteiger charge is 2.44. The number of nitro groups is 1. The number of anilines is 1. The van der Waals surface area contributed by atoms with Crippen molar-refractivity contribution in [2.75, 3.05) is 12.0 Å². The summed E-state index contributed by atoms with van der Waals surface area (Å²) in [6.45, 7) is 0.0966. The van der Waals surface area contributed by atoms with Crippen LogP contribution in [0.1, 0.15) is 21.7 Å². The molecule has 1 fully saturated rings. The predicted octanol–water partition coefficient (Wildman–Crippen LogP) is 3.64. The lowest BCUT2D eigenvalue weighted by Gasteiger charge is -2.27. The van der Waals surface area contributed by atoms with Crippen molar-refractivity contribution in [3.8, 4) is 5.75 Å². The van der Waals surface area contributed by atoms with Crippen molar-refractivity contribution >= 4 is 40.4 Å². The van der Waals surface area contributed by atoms with Crippen LogP contribution in [0.5, 0.6) is 5.75 Å². The smallest absolute Gasteiger partial charge is 0.270 e. The van der Waals surface area contributed by atoms with E-state index in [1.54, 1.807) is 24.3 Å². The van der Waals surface area contributed by atoms with Crippen molar-refractivity contribution in [1.29, 1.82) is 0 Å². The van der Waals surface area contributed by atoms with E-state index >= 15 is 0 Å². The summed E-state index contributed by atoms with van der Waals surface area (Å²) in [7, 11) is 1.51. The molecule has 0 bridgehead atoms. The molecule has 1 saturated heterocycles. The number of hydrogen-bond donors (Lipinski definition) is 0. The van der Waals surface area contributed by atoms with Gasteiger partial charge in [0.2, 0.25) is 5.91 Å². The van der Waals surface area contributed by atoms with E-state index in [0.29, 0.717) is 11.4 Å². The number of hydrogen-bond acceptors (Lipinski definition) is 7. The summed E-state index contributed by atoms with van der Waals surface area (Å²) in [6, 6.07) is 14.4. The quantitative estimate of drug-likeness (QED) is 0.299. The molecule has 1 unspecified atom stereocenters. The standard InChI is InChI=1S/C23H19N3O6S/c1-32-18-9-7-16(8-10-18)25-21(27)13-20(23(25)29)24(14-19-6-3-11-33-19)22(28)15-4-2-5-17(12-15)26(30)31/h2-12,20H,13-14H2,1H3. The van der Waals surface area contributed by atoms with Gasteiger partial charge in [0.25, 0.3) is 17.5 Å². The molecule has 4 rings (SSSR count). The van der Waals surface area contributed by atoms with Gasteiger partial charge in [-0.15, -0.1) is 11.3 Å². The molecule has 10 heteroatoms. The first-order valence-corrected chi connectivity index (χ1v) is 10.9. The maximum absolute atomic E-state index is 13.4. The van der Waals surface area contributed by atoms with Gasteiger partial charge in [-0.25, -0.2) is 4.90 Å². The molecule has 1 atom stereocenters. The second kappa shape index (κ2) is 9.21. The summed E-state index contributed by atoms with van der Waals surface area (Å²) in [5, 5.41) is 13.0. The second-order valence-electron chi connectivity index (χ2n) is 7.31. The summed E-state index contributed by atoms with van der Waals surface area (Å²) >= 11 is 1.41. The van der Waals surface area contributed by atoms with Gasteiger partial charge in [0.15, 0.2) is 0 Å². The van der Waals surface area contributed by atoms with E-state index < -0.39 is 28.7 Å². The molecule has 1 aromatic heterocycles. The fourth-order valence-electron chi connectivity index (χ4n) is 3.67. The Labute approximate surface area is 193 Å². The van der Waals surface area contributed by atoms with Gasteiger partial charge in [-0.2, -0.15) is 0 Å². The monoisotopic (exact) mass is 465 g/mol. The minimum atomic E-state index is -1.03. The fourth-order valence-corrected chi connectivity index (χ4v) is 4.38. The third-order valence-corrected chi connectivity index (χ3v) is 6.16. The Morgan fingerprint density at radius 3 is 2.58 bits per heavy atom. The molecular formula is C23H19N3O6S. The van der Waals surface area contributed by atoms with Gasteiger partial charge in [-0.3, -0.25) is 24.5 Å². The van der Waals surface area contributed by atoms with Crippen molar-refractivity contribution in [2.24, 2.45) is 0 Å². The number of rotatable bonds is 7. The Morgan fingerprint density at radius 2 is 1.94 bits per heavy atom. The number of carbonyl (C=O) groups excluding carboxylic acids is 3. The van der Waals surface area contributed by atoms with Crippen molar-refractivity contribution < 1.29 is 24.0 Å². The molecule has 0 saturated carbocycles. The Bertz CT molecular complexity index is 1210. The van der Waals surface area contributed by atoms with E-state index in [9.17, 15) is 24.5 Å². The predicted molar refractivity (Wildman–Crippen MR) is 121 cm³/mol. The number of non-ortho nitro benzene ring substituents is 1. The second-order valence-corrected chi connectivity index (χ2v) is 8.34. The van der Waals surface area contributed by atoms with E-state index in [-0.39, 0.29) is 24.2 Å². The number of imide groups is 1. The summed E-state index contributed by atoms with van der Waals surface area (Å²) in [4.78, 5) is 53.3. The van der Waals surface area contributed by atoms with Crippen molar-refractivity contribution in [1.82, 2.24) is 4.90 Å². The lowest BCUT2D eigenvalue weighted by atomic mass is 10.1. The van der Waals surface area contributed by atoms with E-state index in [1.807, 2.05) is 17.5 Å². The number of benzene rings is 2. The summed E-state index contributed by atoms with van der Waals surface area (Å²) in [5.74, 6) is -0.942. The zero-order valence-corrected chi connectivity index (χ0v) is 18.4. The van der Waals surface area contributed by atoms with Gasteiger partial charge >= 0.3 is 0 Å². The lowest BCUT2D eigenvalue weighted by Crippen LogP contribution is -2.45. The van der Waals surface area contributed by atoms with E-state index in [0.717, 1.165) is 9.78 Å². The van der Waals surface area contributed by atoms with E-state index in [4.69, 9.17) is 4.74 Å². The number of nitrogens with zero attached hydrogens (tertiary/aromatic N) is 3. The highest BCUT2D eigenvalue weighted by atomic mass is 32.1. The first-order valence-electron chi connectivity index (χ1n) is 9.97. The van der Waals surface area contributed by atoms with E-state index in [2.05, 4.69) is 0 Å². The van der Waals surface area contributed by atoms with Crippen LogP contribution in [0.3, 0.4) is 0 Å². The molecule has 0 radical (unpaired) electrons. The fraction of sp³-hybridized carbons (Fsp3) is 0.174. The van der Waals surface area contributed by atoms with Crippen LogP contribution in [0.15, 0.2) is 66.0 Å². The maximum Gasteiger partial charge on any atom is 0.270 e. The zero-order chi connectivity index (χ0) is 23.5. The number of amides is 3. The number of methoxy groups -OCH3 is 1. The van der Waals surface area contributed by atoms with Gasteiger partial charge in [-0.1, -0.05) is 12.1 Å². The van der Waals surface area contributed by atoms with Crippen LogP contribution >= 0.6 is 11.3 Å². The van der Waals surface area contributed by atoms with Crippen LogP contribution in [0.25, 0.3) is 0 Å². The van der Waals surface area contributed by atoms with Crippen LogP contribution in [0, 0.1) is 10.1 Å². The van der Waals surface area contributed by atoms with Crippen LogP contribution in [0.2, 0.25) is 0 Å². The summed E-state index contributed by atoms with van der Waals surface area (Å²) < 4.78 is 5.12. The summed E-state index contributed by atoms with van der Waals surface area (Å²) in [6.07, 6.45) is -0.184. The summed E-state index contributed by atoms with van der Waals surface area (Å²) in [5.41, 5.74) is 0.224. The minimum absolute atomic E-state index is 0.0731. The molecular weight excluding hydrogens is 446 g/mol. The average Bonchev–Trinajstić information content (AvgIpc) is 3.44. The molecule has 9 nitrogen and oxygen atoms in total. The van der Waals surface area contributed by atoms with Gasteiger partial charge in [0, 0.05) is 22.6 Å². The molecule has 3 amide bonds. The third kappa shape index (κ3) is 4.46. The van der Waals surface area contributed by atoms with Gasteiger partial charge < -0.3 is 9.64 Å². The molecule has 2 heterocycles. The van der Waals surface area contributed by atoms with Gasteiger partial charge in [-0.05, 0) is 41.8 Å². The first kappa shape index (κ1) is 22.2. The van der Waals surface area contributed by atoms with Gasteiger partial charge in [0.05, 0.1) is 30.7 Å². The van der Waals surface area contributed by atoms with Crippen LogP contribution in [-0.4, -0.2) is 40.7 Å². The van der Waals surface area contributed by atoms with Crippen LogP contribution in [0.4, 0.5) is 11.4 Å². The van der Waals surface area contributed by atoms with Crippen LogP contribution in [-0.2, 0) is 16.1 Å². The van der Waals surface area contributed by atoms with Crippen molar-refractivity contribution in [2.45, 2.75) is 19.0 Å². The van der Waals surface area contributed by atoms with Crippen molar-refractivity contribution in [3.05, 3.63) is 86.6 Å². The molecule has 1 aliphatic rings. The first-order chi connectivity index (χ1) is 15.9. The topological polar surface area (TPSA) is 110 Å². The number of thiophene rings is 1. The Kier molecular flexibility index (Phi) is 6.18. The molecule has 168 valence electrons. The van der Waals surface area contributed by atoms with Crippen LogP contribution < -0.4 is 9.64 Å². The number of carbonyl (C=O) groups is 3. The normalized spacial score (nSPS) is 15.5. The Morgan fingerprint density at radius 1 is 1.18 bits per heavy atom. The molecule has 33 heavy (non-hydrogen) atoms. The average molecular weight is 465 g/mol. The SMILES string of the molecule is COc1ccc(N2C(=O)CC(N(Cc3cccs3)C(=O)c3cccc([N+](=O)[O-])c3)C2=O)cc1. The van der Waals surface area contributed by atoms with E-state index in [1.165, 1.54) is 47.6 Å². The Hall–Kier alpha value is -4.05.